The van der Waals surface area contributed by atoms with Gasteiger partial charge in [0.05, 0.1) is 17.2 Å². The normalized spacial score (nSPS) is 10.6. The Morgan fingerprint density at radius 2 is 2.05 bits per heavy atom. The molecular formula is C15H17N3O4. The van der Waals surface area contributed by atoms with Crippen LogP contribution in [0.15, 0.2) is 35.4 Å². The Balaban J connectivity index is 2.25. The minimum atomic E-state index is -1.08. The number of carbonyl (C=O) groups excluding carboxylic acids is 1. The summed E-state index contributed by atoms with van der Waals surface area (Å²) in [7, 11) is 0. The molecule has 1 amide bonds. The molecule has 0 atom stereocenters. The maximum Gasteiger partial charge on any atom is 0.323 e. The predicted octanol–water partition coefficient (Wildman–Crippen LogP) is 0.720. The van der Waals surface area contributed by atoms with Gasteiger partial charge in [0, 0.05) is 6.54 Å². The maximum absolute atomic E-state index is 12.3. The molecule has 116 valence electrons. The van der Waals surface area contributed by atoms with Gasteiger partial charge in [-0.2, -0.15) is 0 Å². The largest absolute Gasteiger partial charge is 0.480 e. The summed E-state index contributed by atoms with van der Waals surface area (Å²) in [4.78, 5) is 40.7. The monoisotopic (exact) mass is 303 g/mol. The number of hydrogen-bond acceptors (Lipinski definition) is 4. The van der Waals surface area contributed by atoms with E-state index in [0.717, 1.165) is 0 Å². The molecule has 22 heavy (non-hydrogen) atoms. The zero-order chi connectivity index (χ0) is 16.1. The molecule has 1 N–H and O–H groups in total. The van der Waals surface area contributed by atoms with Crippen molar-refractivity contribution in [1.29, 1.82) is 0 Å². The number of rotatable bonds is 6. The number of nitrogens with zero attached hydrogens (tertiary/aromatic N) is 3. The molecule has 1 aromatic carbocycles. The number of fused-ring (bicyclic) bond motifs is 1. The van der Waals surface area contributed by atoms with E-state index in [1.807, 2.05) is 6.92 Å². The summed E-state index contributed by atoms with van der Waals surface area (Å²) >= 11 is 0. The van der Waals surface area contributed by atoms with E-state index in [1.54, 1.807) is 24.3 Å². The van der Waals surface area contributed by atoms with Crippen molar-refractivity contribution in [3.8, 4) is 0 Å². The third-order valence-corrected chi connectivity index (χ3v) is 3.21. The van der Waals surface area contributed by atoms with Crippen molar-refractivity contribution in [2.24, 2.45) is 0 Å². The van der Waals surface area contributed by atoms with Crippen molar-refractivity contribution in [1.82, 2.24) is 14.5 Å². The van der Waals surface area contributed by atoms with Crippen molar-refractivity contribution >= 4 is 22.8 Å². The summed E-state index contributed by atoms with van der Waals surface area (Å²) < 4.78 is 1.20. The molecule has 0 saturated carbocycles. The number of benzene rings is 1. The van der Waals surface area contributed by atoms with E-state index in [2.05, 4.69) is 4.98 Å². The molecule has 0 fully saturated rings. The topological polar surface area (TPSA) is 92.5 Å². The van der Waals surface area contributed by atoms with Gasteiger partial charge in [0.1, 0.15) is 13.1 Å². The number of hydrogen-bond donors (Lipinski definition) is 1. The third-order valence-electron chi connectivity index (χ3n) is 3.21. The molecule has 1 aromatic heterocycles. The van der Waals surface area contributed by atoms with Gasteiger partial charge >= 0.3 is 5.97 Å². The fourth-order valence-corrected chi connectivity index (χ4v) is 2.19. The lowest BCUT2D eigenvalue weighted by Gasteiger charge is -2.20. The van der Waals surface area contributed by atoms with Gasteiger partial charge in [0.15, 0.2) is 0 Å². The van der Waals surface area contributed by atoms with Gasteiger partial charge in [-0.05, 0) is 18.6 Å². The molecule has 0 aliphatic heterocycles. The van der Waals surface area contributed by atoms with Gasteiger partial charge in [-0.3, -0.25) is 19.0 Å². The minimum Gasteiger partial charge on any atom is -0.480 e. The third kappa shape index (κ3) is 3.49. The summed E-state index contributed by atoms with van der Waals surface area (Å²) in [5, 5.41) is 9.28. The lowest BCUT2D eigenvalue weighted by atomic mass is 10.2. The molecule has 7 nitrogen and oxygen atoms in total. The van der Waals surface area contributed by atoms with Crippen LogP contribution in [0.5, 0.6) is 0 Å². The van der Waals surface area contributed by atoms with Crippen molar-refractivity contribution in [2.45, 2.75) is 19.9 Å². The van der Waals surface area contributed by atoms with Crippen LogP contribution in [-0.2, 0) is 16.1 Å². The molecule has 0 aliphatic carbocycles. The van der Waals surface area contributed by atoms with Crippen LogP contribution in [0.25, 0.3) is 10.9 Å². The highest BCUT2D eigenvalue weighted by Gasteiger charge is 2.17. The molecule has 1 heterocycles. The second kappa shape index (κ2) is 6.84. The van der Waals surface area contributed by atoms with Crippen LogP contribution in [0.4, 0.5) is 0 Å². The molecule has 0 saturated heterocycles. The lowest BCUT2D eigenvalue weighted by Crippen LogP contribution is -2.40. The van der Waals surface area contributed by atoms with Crippen LogP contribution in [0, 0.1) is 0 Å². The Kier molecular flexibility index (Phi) is 4.88. The molecule has 2 aromatic rings. The maximum atomic E-state index is 12.3. The number of aromatic nitrogens is 2. The SMILES string of the molecule is CCCN(CC(=O)O)C(=O)Cn1cnc2ccccc2c1=O. The van der Waals surface area contributed by atoms with E-state index >= 15 is 0 Å². The van der Waals surface area contributed by atoms with E-state index in [9.17, 15) is 14.4 Å². The molecule has 0 bridgehead atoms. The number of carboxylic acids is 1. The van der Waals surface area contributed by atoms with Gasteiger partial charge in [-0.25, -0.2) is 4.98 Å². The number of carboxylic acid groups (broad SMARTS) is 1. The summed E-state index contributed by atoms with van der Waals surface area (Å²) in [6.07, 6.45) is 1.96. The number of amides is 1. The van der Waals surface area contributed by atoms with Crippen LogP contribution < -0.4 is 5.56 Å². The Bertz CT molecular complexity index is 754. The predicted molar refractivity (Wildman–Crippen MR) is 80.5 cm³/mol. The minimum absolute atomic E-state index is 0.218. The molecule has 0 spiro atoms. The van der Waals surface area contributed by atoms with Gasteiger partial charge in [0.2, 0.25) is 5.91 Å². The first kappa shape index (κ1) is 15.7. The molecule has 0 radical (unpaired) electrons. The van der Waals surface area contributed by atoms with Crippen molar-refractivity contribution in [3.63, 3.8) is 0 Å². The summed E-state index contributed by atoms with van der Waals surface area (Å²) in [5.41, 5.74) is 0.248. The van der Waals surface area contributed by atoms with Crippen molar-refractivity contribution < 1.29 is 14.7 Å². The van der Waals surface area contributed by atoms with Crippen LogP contribution in [0.3, 0.4) is 0 Å². The molecule has 2 rings (SSSR count). The Morgan fingerprint density at radius 3 is 2.73 bits per heavy atom. The summed E-state index contributed by atoms with van der Waals surface area (Å²) in [6, 6.07) is 6.87. The second-order valence-corrected chi connectivity index (χ2v) is 4.90. The molecule has 7 heteroatoms. The average molecular weight is 303 g/mol. The fourth-order valence-electron chi connectivity index (χ4n) is 2.19. The van der Waals surface area contributed by atoms with Crippen molar-refractivity contribution in [2.75, 3.05) is 13.1 Å². The number of aliphatic carboxylic acids is 1. The first-order valence-electron chi connectivity index (χ1n) is 6.96. The highest BCUT2D eigenvalue weighted by atomic mass is 16.4. The number of para-hydroxylation sites is 1. The van der Waals surface area contributed by atoms with Gasteiger partial charge in [-0.1, -0.05) is 19.1 Å². The summed E-state index contributed by atoms with van der Waals surface area (Å²) in [6.45, 7) is 1.60. The number of carbonyl (C=O) groups is 2. The van der Waals surface area contributed by atoms with Crippen LogP contribution in [0.1, 0.15) is 13.3 Å². The zero-order valence-corrected chi connectivity index (χ0v) is 12.2. The lowest BCUT2D eigenvalue weighted by molar-refractivity contribution is -0.144. The highest BCUT2D eigenvalue weighted by molar-refractivity contribution is 5.82. The van der Waals surface area contributed by atoms with Gasteiger partial charge in [-0.15, -0.1) is 0 Å². The molecule has 0 aliphatic rings. The molecular weight excluding hydrogens is 286 g/mol. The van der Waals surface area contributed by atoms with Gasteiger partial charge < -0.3 is 10.0 Å². The van der Waals surface area contributed by atoms with Gasteiger partial charge in [0.25, 0.3) is 5.56 Å². The summed E-state index contributed by atoms with van der Waals surface area (Å²) in [5.74, 6) is -1.49. The van der Waals surface area contributed by atoms with E-state index in [1.165, 1.54) is 15.8 Å². The van der Waals surface area contributed by atoms with E-state index in [0.29, 0.717) is 23.9 Å². The van der Waals surface area contributed by atoms with Crippen molar-refractivity contribution in [3.05, 3.63) is 40.9 Å². The first-order valence-corrected chi connectivity index (χ1v) is 6.96. The highest BCUT2D eigenvalue weighted by Crippen LogP contribution is 2.05. The molecule has 0 unspecified atom stereocenters. The second-order valence-electron chi connectivity index (χ2n) is 4.90. The Hall–Kier alpha value is -2.70. The Labute approximate surface area is 126 Å². The average Bonchev–Trinajstić information content (AvgIpc) is 2.49. The van der Waals surface area contributed by atoms with E-state index < -0.39 is 11.9 Å². The zero-order valence-electron chi connectivity index (χ0n) is 12.2. The van der Waals surface area contributed by atoms with E-state index in [-0.39, 0.29) is 18.6 Å². The first-order chi connectivity index (χ1) is 10.5. The Morgan fingerprint density at radius 1 is 1.32 bits per heavy atom. The van der Waals surface area contributed by atoms with Crippen LogP contribution in [-0.4, -0.2) is 44.5 Å². The van der Waals surface area contributed by atoms with Crippen LogP contribution in [0.2, 0.25) is 0 Å². The smallest absolute Gasteiger partial charge is 0.323 e. The fraction of sp³-hybridized carbons (Fsp3) is 0.333. The quantitative estimate of drug-likeness (QED) is 0.849. The van der Waals surface area contributed by atoms with Crippen LogP contribution >= 0.6 is 0 Å². The van der Waals surface area contributed by atoms with E-state index in [4.69, 9.17) is 5.11 Å². The standard InChI is InChI=1S/C15H17N3O4/c1-2-7-17(9-14(20)21)13(19)8-18-10-16-12-6-4-3-5-11(12)15(18)22/h3-6,10H,2,7-9H2,1H3,(H,20,21).